The van der Waals surface area contributed by atoms with E-state index in [2.05, 4.69) is 15.9 Å². The van der Waals surface area contributed by atoms with Crippen LogP contribution in [0.2, 0.25) is 0 Å². The van der Waals surface area contributed by atoms with Crippen LogP contribution in [-0.4, -0.2) is 26.5 Å². The molecule has 0 saturated carbocycles. The first-order valence-corrected chi connectivity index (χ1v) is 7.34. The summed E-state index contributed by atoms with van der Waals surface area (Å²) in [6, 6.07) is 4.02. The topological polar surface area (TPSA) is 43.4 Å². The monoisotopic (exact) mass is 310 g/mol. The highest BCUT2D eigenvalue weighted by atomic mass is 79.9. The fourth-order valence-electron chi connectivity index (χ4n) is 1.01. The first-order valence-electron chi connectivity index (χ1n) is 4.73. The van der Waals surface area contributed by atoms with Crippen molar-refractivity contribution in [1.82, 2.24) is 0 Å². The molecule has 0 aromatic heterocycles. The van der Waals surface area contributed by atoms with Gasteiger partial charge in [0.1, 0.15) is 18.2 Å². The van der Waals surface area contributed by atoms with E-state index in [-0.39, 0.29) is 18.1 Å². The maximum absolute atomic E-state index is 12.9. The molecule has 0 heterocycles. The Morgan fingerprint density at radius 1 is 1.44 bits per heavy atom. The molecule has 0 aliphatic heterocycles. The summed E-state index contributed by atoms with van der Waals surface area (Å²) in [5, 5.41) is 0. The number of benzene rings is 1. The molecule has 0 fully saturated rings. The van der Waals surface area contributed by atoms with Crippen LogP contribution in [0.5, 0.6) is 5.75 Å². The summed E-state index contributed by atoms with van der Waals surface area (Å²) in [7, 11) is -3.05. The van der Waals surface area contributed by atoms with Crippen LogP contribution in [0.3, 0.4) is 0 Å². The molecule has 1 aromatic carbocycles. The fourth-order valence-corrected chi connectivity index (χ4v) is 2.00. The molecule has 1 rings (SSSR count). The largest absolute Gasteiger partial charge is 0.491 e. The third-order valence-corrected chi connectivity index (χ3v) is 4.31. The zero-order valence-electron chi connectivity index (χ0n) is 8.74. The van der Waals surface area contributed by atoms with Crippen LogP contribution >= 0.6 is 15.9 Å². The van der Waals surface area contributed by atoms with Gasteiger partial charge < -0.3 is 4.74 Å². The van der Waals surface area contributed by atoms with Gasteiger partial charge in [-0.15, -0.1) is 0 Å². The van der Waals surface area contributed by atoms with Gasteiger partial charge in [-0.25, -0.2) is 12.8 Å². The molecule has 0 aliphatic carbocycles. The Morgan fingerprint density at radius 2 is 2.12 bits per heavy atom. The van der Waals surface area contributed by atoms with Crippen LogP contribution < -0.4 is 4.74 Å². The minimum absolute atomic E-state index is 0.0260. The van der Waals surface area contributed by atoms with Gasteiger partial charge in [0.15, 0.2) is 9.84 Å². The predicted molar refractivity (Wildman–Crippen MR) is 63.9 cm³/mol. The van der Waals surface area contributed by atoms with Crippen molar-refractivity contribution >= 4 is 25.8 Å². The van der Waals surface area contributed by atoms with E-state index in [1.165, 1.54) is 18.2 Å². The van der Waals surface area contributed by atoms with Crippen molar-refractivity contribution in [2.24, 2.45) is 0 Å². The van der Waals surface area contributed by atoms with Crippen LogP contribution in [0.25, 0.3) is 0 Å². The number of ether oxygens (including phenoxy) is 1. The molecule has 0 radical (unpaired) electrons. The van der Waals surface area contributed by atoms with Crippen molar-refractivity contribution in [3.8, 4) is 5.75 Å². The van der Waals surface area contributed by atoms with Gasteiger partial charge in [0.25, 0.3) is 0 Å². The van der Waals surface area contributed by atoms with Gasteiger partial charge in [0.2, 0.25) is 0 Å². The molecular formula is C10H12BrFO3S. The molecule has 90 valence electrons. The highest BCUT2D eigenvalue weighted by molar-refractivity contribution is 9.10. The van der Waals surface area contributed by atoms with E-state index in [1.807, 2.05) is 0 Å². The number of hydrogen-bond acceptors (Lipinski definition) is 3. The number of halogens is 2. The van der Waals surface area contributed by atoms with Crippen LogP contribution in [0.1, 0.15) is 6.92 Å². The van der Waals surface area contributed by atoms with Crippen molar-refractivity contribution in [3.63, 3.8) is 0 Å². The number of hydrogen-bond donors (Lipinski definition) is 0. The number of rotatable bonds is 5. The van der Waals surface area contributed by atoms with E-state index in [0.717, 1.165) is 0 Å². The lowest BCUT2D eigenvalue weighted by molar-refractivity contribution is 0.337. The zero-order chi connectivity index (χ0) is 12.2. The Labute approximate surface area is 103 Å². The molecule has 0 amide bonds. The molecule has 0 spiro atoms. The summed E-state index contributed by atoms with van der Waals surface area (Å²) in [6.45, 7) is 1.60. The van der Waals surface area contributed by atoms with Crippen LogP contribution in [-0.2, 0) is 9.84 Å². The van der Waals surface area contributed by atoms with E-state index >= 15 is 0 Å². The van der Waals surface area contributed by atoms with Crippen molar-refractivity contribution in [1.29, 1.82) is 0 Å². The highest BCUT2D eigenvalue weighted by Gasteiger charge is 2.09. The second-order valence-electron chi connectivity index (χ2n) is 3.16. The molecule has 6 heteroatoms. The van der Waals surface area contributed by atoms with E-state index < -0.39 is 15.7 Å². The lowest BCUT2D eigenvalue weighted by atomic mass is 10.3. The molecular weight excluding hydrogens is 299 g/mol. The number of sulfone groups is 1. The normalized spacial score (nSPS) is 11.4. The summed E-state index contributed by atoms with van der Waals surface area (Å²) >= 11 is 3.19. The molecule has 0 atom stereocenters. The predicted octanol–water partition coefficient (Wildman–Crippen LogP) is 2.40. The molecule has 3 nitrogen and oxygen atoms in total. The Hall–Kier alpha value is -0.620. The third kappa shape index (κ3) is 4.09. The van der Waals surface area contributed by atoms with Crippen LogP contribution in [0.15, 0.2) is 22.7 Å². The minimum Gasteiger partial charge on any atom is -0.491 e. The molecule has 0 unspecified atom stereocenters. The highest BCUT2D eigenvalue weighted by Crippen LogP contribution is 2.25. The molecule has 0 saturated heterocycles. The first kappa shape index (κ1) is 13.4. The van der Waals surface area contributed by atoms with E-state index in [4.69, 9.17) is 4.74 Å². The lowest BCUT2D eigenvalue weighted by Crippen LogP contribution is -2.15. The maximum Gasteiger partial charge on any atom is 0.153 e. The van der Waals surface area contributed by atoms with E-state index in [1.54, 1.807) is 6.92 Å². The molecule has 16 heavy (non-hydrogen) atoms. The average Bonchev–Trinajstić information content (AvgIpc) is 2.23. The van der Waals surface area contributed by atoms with E-state index in [9.17, 15) is 12.8 Å². The SMILES string of the molecule is CCS(=O)(=O)CCOc1cc(F)ccc1Br. The summed E-state index contributed by atoms with van der Waals surface area (Å²) < 4.78 is 41.0. The Kier molecular flexibility index (Phi) is 4.73. The third-order valence-electron chi connectivity index (χ3n) is 1.98. The lowest BCUT2D eigenvalue weighted by Gasteiger charge is -2.07. The molecule has 0 N–H and O–H groups in total. The van der Waals surface area contributed by atoms with Gasteiger partial charge >= 0.3 is 0 Å². The van der Waals surface area contributed by atoms with Crippen molar-refractivity contribution < 1.29 is 17.5 Å². The van der Waals surface area contributed by atoms with Gasteiger partial charge in [-0.2, -0.15) is 0 Å². The Balaban J connectivity index is 2.59. The summed E-state index contributed by atoms with van der Waals surface area (Å²) in [5.41, 5.74) is 0. The zero-order valence-corrected chi connectivity index (χ0v) is 11.1. The quantitative estimate of drug-likeness (QED) is 0.839. The van der Waals surface area contributed by atoms with Crippen molar-refractivity contribution in [2.45, 2.75) is 6.92 Å². The van der Waals surface area contributed by atoms with Crippen molar-refractivity contribution in [2.75, 3.05) is 18.1 Å². The van der Waals surface area contributed by atoms with Gasteiger partial charge in [-0.3, -0.25) is 0 Å². The Bertz CT molecular complexity index is 459. The first-order chi connectivity index (χ1) is 7.44. The molecule has 1 aromatic rings. The second kappa shape index (κ2) is 5.63. The standard InChI is InChI=1S/C10H12BrFO3S/c1-2-16(13,14)6-5-15-10-7-8(12)3-4-9(10)11/h3-4,7H,2,5-6H2,1H3. The van der Waals surface area contributed by atoms with Crippen molar-refractivity contribution in [3.05, 3.63) is 28.5 Å². The maximum atomic E-state index is 12.9. The molecule has 0 bridgehead atoms. The van der Waals surface area contributed by atoms with Gasteiger partial charge in [0, 0.05) is 11.8 Å². The van der Waals surface area contributed by atoms with Gasteiger partial charge in [0.05, 0.1) is 10.2 Å². The molecule has 0 aliphatic rings. The van der Waals surface area contributed by atoms with Crippen LogP contribution in [0.4, 0.5) is 4.39 Å². The van der Waals surface area contributed by atoms with Gasteiger partial charge in [-0.1, -0.05) is 6.92 Å². The summed E-state index contributed by atoms with van der Waals surface area (Å²) in [4.78, 5) is 0. The smallest absolute Gasteiger partial charge is 0.153 e. The van der Waals surface area contributed by atoms with Gasteiger partial charge in [-0.05, 0) is 28.1 Å². The Morgan fingerprint density at radius 3 is 2.75 bits per heavy atom. The fraction of sp³-hybridized carbons (Fsp3) is 0.400. The summed E-state index contributed by atoms with van der Waals surface area (Å²) in [6.07, 6.45) is 0. The minimum atomic E-state index is -3.05. The van der Waals surface area contributed by atoms with Crippen LogP contribution in [0, 0.1) is 5.82 Å². The second-order valence-corrected chi connectivity index (χ2v) is 6.49. The summed E-state index contributed by atoms with van der Waals surface area (Å²) in [5.74, 6) is -0.0875. The average molecular weight is 311 g/mol. The van der Waals surface area contributed by atoms with E-state index in [0.29, 0.717) is 10.2 Å².